The molecule has 1 N–H and O–H groups in total. The molecule has 3 nitrogen and oxygen atoms in total. The van der Waals surface area contributed by atoms with E-state index in [4.69, 9.17) is 4.74 Å². The number of benzene rings is 3. The number of carbonyl (C=O) groups is 1. The highest BCUT2D eigenvalue weighted by Gasteiger charge is 2.13. The first-order valence-electron chi connectivity index (χ1n) is 9.08. The number of anilines is 1. The molecule has 28 heavy (non-hydrogen) atoms. The van der Waals surface area contributed by atoms with Gasteiger partial charge in [-0.25, -0.2) is 4.39 Å². The van der Waals surface area contributed by atoms with Crippen LogP contribution in [0, 0.1) is 12.7 Å². The fraction of sp³-hybridized carbons (Fsp3) is 0.125. The summed E-state index contributed by atoms with van der Waals surface area (Å²) in [6, 6.07) is 21.8. The molecule has 4 heteroatoms. The summed E-state index contributed by atoms with van der Waals surface area (Å²) in [5, 5.41) is 3.04. The third kappa shape index (κ3) is 5.07. The Morgan fingerprint density at radius 3 is 2.43 bits per heavy atom. The molecule has 3 aromatic carbocycles. The molecule has 1 atom stereocenters. The highest BCUT2D eigenvalue weighted by Crippen LogP contribution is 2.26. The zero-order chi connectivity index (χ0) is 19.9. The van der Waals surface area contributed by atoms with Crippen LogP contribution in [0.4, 0.5) is 10.1 Å². The minimum absolute atomic E-state index is 0.216. The highest BCUT2D eigenvalue weighted by atomic mass is 19.1. The standard InChI is InChI=1S/C24H22FNO2/c1-17-8-10-20(11-9-17)26-15-14-24(27)18(2)28-21-12-13-22(23(25)16-21)19-6-4-3-5-7-19/h3-16,18,26H,1-2H3/b15-14+/t18-/m0/s1. The lowest BCUT2D eigenvalue weighted by molar-refractivity contribution is -0.120. The van der Waals surface area contributed by atoms with E-state index in [0.717, 1.165) is 16.8 Å². The number of ether oxygens (including phenoxy) is 1. The summed E-state index contributed by atoms with van der Waals surface area (Å²) < 4.78 is 20.0. The molecule has 0 bridgehead atoms. The minimum Gasteiger partial charge on any atom is -0.482 e. The van der Waals surface area contributed by atoms with E-state index in [1.54, 1.807) is 25.3 Å². The molecule has 0 radical (unpaired) electrons. The number of halogens is 1. The molecule has 0 aliphatic rings. The Morgan fingerprint density at radius 2 is 1.75 bits per heavy atom. The molecule has 0 heterocycles. The molecule has 0 spiro atoms. The lowest BCUT2D eigenvalue weighted by atomic mass is 10.1. The van der Waals surface area contributed by atoms with E-state index < -0.39 is 6.10 Å². The van der Waals surface area contributed by atoms with Crippen molar-refractivity contribution in [2.75, 3.05) is 5.32 Å². The number of carbonyl (C=O) groups excluding carboxylic acids is 1. The first kappa shape index (κ1) is 19.4. The van der Waals surface area contributed by atoms with Gasteiger partial charge in [0.05, 0.1) is 0 Å². The fourth-order valence-corrected chi connectivity index (χ4v) is 2.69. The third-order valence-electron chi connectivity index (χ3n) is 4.29. The number of hydrogen-bond donors (Lipinski definition) is 1. The molecule has 0 amide bonds. The highest BCUT2D eigenvalue weighted by molar-refractivity contribution is 5.93. The van der Waals surface area contributed by atoms with Crippen LogP contribution in [0.3, 0.4) is 0 Å². The third-order valence-corrected chi connectivity index (χ3v) is 4.29. The van der Waals surface area contributed by atoms with Gasteiger partial charge in [0.15, 0.2) is 11.9 Å². The van der Waals surface area contributed by atoms with Crippen molar-refractivity contribution in [2.45, 2.75) is 20.0 Å². The van der Waals surface area contributed by atoms with E-state index in [0.29, 0.717) is 11.3 Å². The van der Waals surface area contributed by atoms with Gasteiger partial charge in [0.2, 0.25) is 0 Å². The number of rotatable bonds is 7. The maximum atomic E-state index is 14.4. The average Bonchev–Trinajstić information content (AvgIpc) is 2.70. The van der Waals surface area contributed by atoms with Crippen molar-refractivity contribution in [3.05, 3.63) is 96.5 Å². The first-order chi connectivity index (χ1) is 13.5. The van der Waals surface area contributed by atoms with Crippen LogP contribution < -0.4 is 10.1 Å². The zero-order valence-corrected chi connectivity index (χ0v) is 15.9. The summed E-state index contributed by atoms with van der Waals surface area (Å²) in [6.07, 6.45) is 2.27. The van der Waals surface area contributed by atoms with Crippen LogP contribution in [0.2, 0.25) is 0 Å². The van der Waals surface area contributed by atoms with Crippen molar-refractivity contribution in [1.29, 1.82) is 0 Å². The van der Waals surface area contributed by atoms with Crippen LogP contribution in [-0.2, 0) is 4.79 Å². The van der Waals surface area contributed by atoms with Gasteiger partial charge in [0.1, 0.15) is 11.6 Å². The molecule has 0 aliphatic carbocycles. The van der Waals surface area contributed by atoms with Crippen LogP contribution >= 0.6 is 0 Å². The van der Waals surface area contributed by atoms with Crippen molar-refractivity contribution in [1.82, 2.24) is 0 Å². The predicted octanol–water partition coefficient (Wildman–Crippen LogP) is 5.76. The van der Waals surface area contributed by atoms with E-state index in [2.05, 4.69) is 5.32 Å². The van der Waals surface area contributed by atoms with Gasteiger partial charge in [-0.15, -0.1) is 0 Å². The van der Waals surface area contributed by atoms with Crippen LogP contribution in [0.5, 0.6) is 5.75 Å². The second-order valence-electron chi connectivity index (χ2n) is 6.51. The largest absolute Gasteiger partial charge is 0.482 e. The van der Waals surface area contributed by atoms with Crippen molar-refractivity contribution in [2.24, 2.45) is 0 Å². The molecule has 0 aromatic heterocycles. The van der Waals surface area contributed by atoms with Gasteiger partial charge in [-0.2, -0.15) is 0 Å². The van der Waals surface area contributed by atoms with E-state index in [9.17, 15) is 9.18 Å². The summed E-state index contributed by atoms with van der Waals surface area (Å²) in [5.41, 5.74) is 3.34. The second-order valence-corrected chi connectivity index (χ2v) is 6.51. The van der Waals surface area contributed by atoms with Crippen LogP contribution in [-0.4, -0.2) is 11.9 Å². The van der Waals surface area contributed by atoms with Gasteiger partial charge in [0, 0.05) is 29.6 Å². The Balaban J connectivity index is 1.59. The molecule has 0 saturated carbocycles. The summed E-state index contributed by atoms with van der Waals surface area (Å²) in [5.74, 6) is -0.287. The van der Waals surface area contributed by atoms with Crippen LogP contribution in [0.25, 0.3) is 11.1 Å². The van der Waals surface area contributed by atoms with Crippen molar-refractivity contribution >= 4 is 11.5 Å². The molecule has 0 fully saturated rings. The van der Waals surface area contributed by atoms with E-state index in [-0.39, 0.29) is 11.6 Å². The Morgan fingerprint density at radius 1 is 1.04 bits per heavy atom. The molecule has 3 rings (SSSR count). The Hall–Kier alpha value is -3.40. The molecule has 3 aromatic rings. The molecular weight excluding hydrogens is 353 g/mol. The Bertz CT molecular complexity index is 966. The average molecular weight is 375 g/mol. The molecular formula is C24H22FNO2. The SMILES string of the molecule is Cc1ccc(N/C=C/C(=O)[C@H](C)Oc2ccc(-c3ccccc3)c(F)c2)cc1. The van der Waals surface area contributed by atoms with Gasteiger partial charge in [-0.05, 0) is 43.7 Å². The second kappa shape index (κ2) is 9.00. The van der Waals surface area contributed by atoms with Gasteiger partial charge >= 0.3 is 0 Å². The topological polar surface area (TPSA) is 38.3 Å². The number of ketones is 1. The maximum Gasteiger partial charge on any atom is 0.197 e. The van der Waals surface area contributed by atoms with Crippen molar-refractivity contribution in [3.8, 4) is 16.9 Å². The number of nitrogens with one attached hydrogen (secondary N) is 1. The van der Waals surface area contributed by atoms with Gasteiger partial charge in [-0.3, -0.25) is 4.79 Å². The van der Waals surface area contributed by atoms with E-state index in [1.807, 2.05) is 61.5 Å². The van der Waals surface area contributed by atoms with E-state index in [1.165, 1.54) is 12.1 Å². The number of hydrogen-bond acceptors (Lipinski definition) is 3. The lowest BCUT2D eigenvalue weighted by Gasteiger charge is -2.13. The summed E-state index contributed by atoms with van der Waals surface area (Å²) in [6.45, 7) is 3.65. The normalized spacial score (nSPS) is 12.0. The smallest absolute Gasteiger partial charge is 0.197 e. The molecule has 0 unspecified atom stereocenters. The first-order valence-corrected chi connectivity index (χ1v) is 9.08. The monoisotopic (exact) mass is 375 g/mol. The zero-order valence-electron chi connectivity index (χ0n) is 15.9. The summed E-state index contributed by atoms with van der Waals surface area (Å²) in [7, 11) is 0. The van der Waals surface area contributed by atoms with Crippen molar-refractivity contribution in [3.63, 3.8) is 0 Å². The fourth-order valence-electron chi connectivity index (χ4n) is 2.69. The Labute approximate surface area is 164 Å². The van der Waals surface area contributed by atoms with Crippen LogP contribution in [0.15, 0.2) is 85.1 Å². The van der Waals surface area contributed by atoms with E-state index >= 15 is 0 Å². The van der Waals surface area contributed by atoms with Gasteiger partial charge in [0.25, 0.3) is 0 Å². The molecule has 0 aliphatic heterocycles. The summed E-state index contributed by atoms with van der Waals surface area (Å²) in [4.78, 5) is 12.2. The quantitative estimate of drug-likeness (QED) is 0.533. The predicted molar refractivity (Wildman–Crippen MR) is 111 cm³/mol. The lowest BCUT2D eigenvalue weighted by Crippen LogP contribution is -2.22. The number of aryl methyl sites for hydroxylation is 1. The molecule has 0 saturated heterocycles. The minimum atomic E-state index is -0.724. The van der Waals surface area contributed by atoms with Crippen molar-refractivity contribution < 1.29 is 13.9 Å². The van der Waals surface area contributed by atoms with Gasteiger partial charge < -0.3 is 10.1 Å². The van der Waals surface area contributed by atoms with Crippen LogP contribution in [0.1, 0.15) is 12.5 Å². The Kier molecular flexibility index (Phi) is 6.22. The maximum absolute atomic E-state index is 14.4. The molecule has 142 valence electrons. The summed E-state index contributed by atoms with van der Waals surface area (Å²) >= 11 is 0. The van der Waals surface area contributed by atoms with Gasteiger partial charge in [-0.1, -0.05) is 48.0 Å².